The molecule has 1 aliphatic heterocycles. The lowest BCUT2D eigenvalue weighted by Gasteiger charge is -2.35. The summed E-state index contributed by atoms with van der Waals surface area (Å²) < 4.78 is 28.1. The number of nitrogens with zero attached hydrogens (tertiary/aromatic N) is 3. The number of carbonyl (C=O) groups excluding carboxylic acids is 1. The molecular weight excluding hydrogens is 342 g/mol. The van der Waals surface area contributed by atoms with Gasteiger partial charge in [0.05, 0.1) is 4.90 Å². The van der Waals surface area contributed by atoms with Gasteiger partial charge in [0, 0.05) is 44.6 Å². The monoisotopic (exact) mass is 363 g/mol. The van der Waals surface area contributed by atoms with Gasteiger partial charge in [-0.2, -0.15) is 0 Å². The van der Waals surface area contributed by atoms with Gasteiger partial charge in [-0.15, -0.1) is 0 Å². The molecule has 8 nitrogen and oxygen atoms in total. The van der Waals surface area contributed by atoms with Gasteiger partial charge in [-0.3, -0.25) is 4.79 Å². The van der Waals surface area contributed by atoms with Crippen LogP contribution in [-0.2, 0) is 17.1 Å². The molecule has 9 heteroatoms. The molecule has 2 heterocycles. The summed E-state index contributed by atoms with van der Waals surface area (Å²) in [6, 6.07) is 5.89. The van der Waals surface area contributed by atoms with Gasteiger partial charge in [-0.05, 0) is 25.2 Å². The second kappa shape index (κ2) is 6.95. The molecule has 0 saturated carbocycles. The van der Waals surface area contributed by atoms with E-state index < -0.39 is 10.0 Å². The number of rotatable bonds is 4. The van der Waals surface area contributed by atoms with Crippen LogP contribution in [0.5, 0.6) is 0 Å². The topological polar surface area (TPSA) is 96.3 Å². The van der Waals surface area contributed by atoms with E-state index in [1.165, 1.54) is 19.2 Å². The predicted octanol–water partition coefficient (Wildman–Crippen LogP) is 0.115. The van der Waals surface area contributed by atoms with Gasteiger partial charge in [0.2, 0.25) is 10.0 Å². The van der Waals surface area contributed by atoms with Crippen LogP contribution in [0.4, 0.5) is 0 Å². The lowest BCUT2D eigenvalue weighted by atomic mass is 10.1. The molecule has 0 aliphatic carbocycles. The zero-order valence-electron chi connectivity index (χ0n) is 14.1. The first-order valence-corrected chi connectivity index (χ1v) is 9.45. The molecule has 2 N–H and O–H groups in total. The SMILES string of the molecule is CNS(=O)(=O)c1cccc(C(=O)N2CCNCC2c2nccn2C)c1. The van der Waals surface area contributed by atoms with Gasteiger partial charge >= 0.3 is 0 Å². The van der Waals surface area contributed by atoms with Gasteiger partial charge < -0.3 is 14.8 Å². The smallest absolute Gasteiger partial charge is 0.254 e. The third-order valence-electron chi connectivity index (χ3n) is 4.32. The zero-order valence-corrected chi connectivity index (χ0v) is 15.0. The highest BCUT2D eigenvalue weighted by atomic mass is 32.2. The molecule has 134 valence electrons. The van der Waals surface area contributed by atoms with Crippen LogP contribution in [0.1, 0.15) is 22.2 Å². The third-order valence-corrected chi connectivity index (χ3v) is 5.73. The van der Waals surface area contributed by atoms with Crippen molar-refractivity contribution in [2.75, 3.05) is 26.7 Å². The average molecular weight is 363 g/mol. The standard InChI is InChI=1S/C16H21N5O3S/c1-17-25(23,24)13-5-3-4-12(10-13)16(22)21-9-6-18-11-14(21)15-19-7-8-20(15)2/h3-5,7-8,10,14,17-18H,6,9,11H2,1-2H3. The predicted molar refractivity (Wildman–Crippen MR) is 92.5 cm³/mol. The highest BCUT2D eigenvalue weighted by Crippen LogP contribution is 2.23. The minimum Gasteiger partial charge on any atom is -0.336 e. The van der Waals surface area contributed by atoms with Crippen molar-refractivity contribution < 1.29 is 13.2 Å². The minimum atomic E-state index is -3.60. The minimum absolute atomic E-state index is 0.0736. The fourth-order valence-corrected chi connectivity index (χ4v) is 3.73. The zero-order chi connectivity index (χ0) is 18.0. The van der Waals surface area contributed by atoms with Crippen molar-refractivity contribution in [1.82, 2.24) is 24.5 Å². The van der Waals surface area contributed by atoms with Crippen molar-refractivity contribution in [1.29, 1.82) is 0 Å². The summed E-state index contributed by atoms with van der Waals surface area (Å²) in [5.41, 5.74) is 0.345. The number of hydrogen-bond donors (Lipinski definition) is 2. The summed E-state index contributed by atoms with van der Waals surface area (Å²) in [5, 5.41) is 3.28. The van der Waals surface area contributed by atoms with Crippen LogP contribution >= 0.6 is 0 Å². The Kier molecular flexibility index (Phi) is 4.89. The fourth-order valence-electron chi connectivity index (χ4n) is 2.96. The summed E-state index contributed by atoms with van der Waals surface area (Å²) in [5.74, 6) is 0.585. The Bertz CT molecular complexity index is 877. The number of aryl methyl sites for hydroxylation is 1. The summed E-state index contributed by atoms with van der Waals surface area (Å²) in [6.45, 7) is 1.81. The lowest BCUT2D eigenvalue weighted by molar-refractivity contribution is 0.0620. The van der Waals surface area contributed by atoms with E-state index in [2.05, 4.69) is 15.0 Å². The number of hydrogen-bond acceptors (Lipinski definition) is 5. The molecule has 0 bridgehead atoms. The van der Waals surface area contributed by atoms with Gasteiger partial charge in [-0.1, -0.05) is 6.07 Å². The quantitative estimate of drug-likeness (QED) is 0.804. The van der Waals surface area contributed by atoms with Crippen molar-refractivity contribution in [2.24, 2.45) is 7.05 Å². The molecule has 1 saturated heterocycles. The second-order valence-corrected chi connectivity index (χ2v) is 7.74. The van der Waals surface area contributed by atoms with E-state index in [4.69, 9.17) is 0 Å². The first kappa shape index (κ1) is 17.6. The van der Waals surface area contributed by atoms with Crippen LogP contribution in [0.25, 0.3) is 0 Å². The highest BCUT2D eigenvalue weighted by molar-refractivity contribution is 7.89. The maximum atomic E-state index is 13.0. The fraction of sp³-hybridized carbons (Fsp3) is 0.375. The van der Waals surface area contributed by atoms with Crippen molar-refractivity contribution in [3.63, 3.8) is 0 Å². The van der Waals surface area contributed by atoms with Crippen molar-refractivity contribution in [3.8, 4) is 0 Å². The Morgan fingerprint density at radius 3 is 2.88 bits per heavy atom. The number of piperazine rings is 1. The summed E-state index contributed by atoms with van der Waals surface area (Å²) in [4.78, 5) is 19.2. The Labute approximate surface area is 146 Å². The molecule has 0 spiro atoms. The first-order valence-electron chi connectivity index (χ1n) is 7.96. The van der Waals surface area contributed by atoms with E-state index >= 15 is 0 Å². The van der Waals surface area contributed by atoms with E-state index in [9.17, 15) is 13.2 Å². The number of carbonyl (C=O) groups is 1. The Balaban J connectivity index is 1.94. The first-order chi connectivity index (χ1) is 11.9. The number of imidazole rings is 1. The molecule has 1 aromatic carbocycles. The number of sulfonamides is 1. The van der Waals surface area contributed by atoms with Crippen molar-refractivity contribution in [2.45, 2.75) is 10.9 Å². The maximum Gasteiger partial charge on any atom is 0.254 e. The molecule has 1 fully saturated rings. The molecule has 1 aliphatic rings. The van der Waals surface area contributed by atoms with Crippen LogP contribution in [0.15, 0.2) is 41.6 Å². The molecule has 1 aromatic heterocycles. The average Bonchev–Trinajstić information content (AvgIpc) is 3.07. The molecule has 0 radical (unpaired) electrons. The normalized spacial score (nSPS) is 18.3. The molecule has 25 heavy (non-hydrogen) atoms. The maximum absolute atomic E-state index is 13.0. The Morgan fingerprint density at radius 2 is 2.20 bits per heavy atom. The van der Waals surface area contributed by atoms with Gasteiger partial charge in [-0.25, -0.2) is 18.1 Å². The van der Waals surface area contributed by atoms with Crippen LogP contribution in [0.3, 0.4) is 0 Å². The van der Waals surface area contributed by atoms with E-state index in [1.54, 1.807) is 23.2 Å². The summed E-state index contributed by atoms with van der Waals surface area (Å²) >= 11 is 0. The molecule has 1 amide bonds. The number of nitrogens with one attached hydrogen (secondary N) is 2. The van der Waals surface area contributed by atoms with Crippen molar-refractivity contribution >= 4 is 15.9 Å². The van der Waals surface area contributed by atoms with Gasteiger partial charge in [0.1, 0.15) is 11.9 Å². The molecular formula is C16H21N5O3S. The Hall–Kier alpha value is -2.23. The van der Waals surface area contributed by atoms with E-state index in [0.29, 0.717) is 25.2 Å². The Morgan fingerprint density at radius 1 is 1.40 bits per heavy atom. The highest BCUT2D eigenvalue weighted by Gasteiger charge is 2.31. The largest absolute Gasteiger partial charge is 0.336 e. The second-order valence-electron chi connectivity index (χ2n) is 5.85. The van der Waals surface area contributed by atoms with Crippen LogP contribution in [-0.4, -0.2) is 55.5 Å². The number of benzene rings is 1. The van der Waals surface area contributed by atoms with E-state index in [-0.39, 0.29) is 16.8 Å². The molecule has 1 unspecified atom stereocenters. The lowest BCUT2D eigenvalue weighted by Crippen LogP contribution is -2.49. The van der Waals surface area contributed by atoms with Gasteiger partial charge in [0.15, 0.2) is 0 Å². The van der Waals surface area contributed by atoms with Crippen LogP contribution in [0, 0.1) is 0 Å². The molecule has 2 aromatic rings. The number of amides is 1. The van der Waals surface area contributed by atoms with E-state index in [0.717, 1.165) is 5.82 Å². The molecule has 3 rings (SSSR count). The van der Waals surface area contributed by atoms with Gasteiger partial charge in [0.25, 0.3) is 5.91 Å². The summed E-state index contributed by atoms with van der Waals surface area (Å²) in [7, 11) is -0.365. The van der Waals surface area contributed by atoms with Crippen molar-refractivity contribution in [3.05, 3.63) is 48.0 Å². The summed E-state index contributed by atoms with van der Waals surface area (Å²) in [6.07, 6.45) is 3.54. The van der Waals surface area contributed by atoms with Crippen LogP contribution in [0.2, 0.25) is 0 Å². The van der Waals surface area contributed by atoms with Crippen LogP contribution < -0.4 is 10.0 Å². The third kappa shape index (κ3) is 3.44. The number of aromatic nitrogens is 2. The van der Waals surface area contributed by atoms with E-state index in [1.807, 2.05) is 17.8 Å². The molecule has 1 atom stereocenters.